The van der Waals surface area contributed by atoms with E-state index in [2.05, 4.69) is 0 Å². The molecule has 0 saturated carbocycles. The normalized spacial score (nSPS) is 10.8. The third kappa shape index (κ3) is 4.32. The van der Waals surface area contributed by atoms with Crippen molar-refractivity contribution in [3.05, 3.63) is 107 Å². The number of hydrogen-bond donors (Lipinski definition) is 1. The Balaban J connectivity index is 1.79. The standard InChI is InChI=1S/C25H19ClFNO3/c1-16-7-11-23(28(16)19-9-10-22(27)20(14-19)25(29)30)21-13-18(26)8-12-24(21)31-15-17-5-3-2-4-6-17/h2-14H,15H2,1H3,(H,29,30). The number of ether oxygens (including phenoxy) is 1. The van der Waals surface area contributed by atoms with Crippen LogP contribution in [0, 0.1) is 12.7 Å². The van der Waals surface area contributed by atoms with Crippen LogP contribution < -0.4 is 4.74 Å². The summed E-state index contributed by atoms with van der Waals surface area (Å²) in [4.78, 5) is 11.4. The van der Waals surface area contributed by atoms with Gasteiger partial charge in [-0.2, -0.15) is 0 Å². The molecule has 4 nitrogen and oxygen atoms in total. The summed E-state index contributed by atoms with van der Waals surface area (Å²) in [6.07, 6.45) is 0. The molecule has 0 aliphatic heterocycles. The molecule has 0 saturated heterocycles. The minimum atomic E-state index is -1.32. The van der Waals surface area contributed by atoms with Crippen molar-refractivity contribution in [1.29, 1.82) is 0 Å². The summed E-state index contributed by atoms with van der Waals surface area (Å²) < 4.78 is 21.9. The highest BCUT2D eigenvalue weighted by atomic mass is 35.5. The van der Waals surface area contributed by atoms with Crippen molar-refractivity contribution in [1.82, 2.24) is 4.57 Å². The van der Waals surface area contributed by atoms with Crippen LogP contribution in [0.15, 0.2) is 78.9 Å². The van der Waals surface area contributed by atoms with Gasteiger partial charge in [0.25, 0.3) is 0 Å². The van der Waals surface area contributed by atoms with Crippen molar-refractivity contribution < 1.29 is 19.0 Å². The lowest BCUT2D eigenvalue weighted by Crippen LogP contribution is -2.06. The minimum absolute atomic E-state index is 0.384. The largest absolute Gasteiger partial charge is 0.488 e. The molecule has 0 amide bonds. The van der Waals surface area contributed by atoms with Gasteiger partial charge in [0.15, 0.2) is 0 Å². The zero-order valence-electron chi connectivity index (χ0n) is 16.7. The van der Waals surface area contributed by atoms with Gasteiger partial charge in [-0.15, -0.1) is 0 Å². The van der Waals surface area contributed by atoms with E-state index in [1.807, 2.05) is 54.0 Å². The number of aromatic nitrogens is 1. The van der Waals surface area contributed by atoms with Crippen molar-refractivity contribution >= 4 is 17.6 Å². The second-order valence-electron chi connectivity index (χ2n) is 7.08. The Morgan fingerprint density at radius 2 is 1.81 bits per heavy atom. The van der Waals surface area contributed by atoms with E-state index < -0.39 is 11.8 Å². The first-order valence-corrected chi connectivity index (χ1v) is 10.00. The second kappa shape index (κ2) is 8.66. The van der Waals surface area contributed by atoms with E-state index in [1.54, 1.807) is 24.3 Å². The topological polar surface area (TPSA) is 51.5 Å². The number of rotatable bonds is 6. The first-order chi connectivity index (χ1) is 14.9. The number of nitrogens with zero attached hydrogens (tertiary/aromatic N) is 1. The Morgan fingerprint density at radius 3 is 2.55 bits per heavy atom. The molecule has 1 heterocycles. The number of hydrogen-bond acceptors (Lipinski definition) is 2. The van der Waals surface area contributed by atoms with Gasteiger partial charge in [-0.05, 0) is 61.0 Å². The summed E-state index contributed by atoms with van der Waals surface area (Å²) >= 11 is 6.28. The van der Waals surface area contributed by atoms with Crippen LogP contribution in [-0.2, 0) is 6.61 Å². The van der Waals surface area contributed by atoms with E-state index in [9.17, 15) is 14.3 Å². The van der Waals surface area contributed by atoms with Gasteiger partial charge in [-0.25, -0.2) is 9.18 Å². The Hall–Kier alpha value is -3.57. The number of aromatic carboxylic acids is 1. The third-order valence-electron chi connectivity index (χ3n) is 4.97. The first kappa shape index (κ1) is 20.7. The third-order valence-corrected chi connectivity index (χ3v) is 5.20. The van der Waals surface area contributed by atoms with Crippen molar-refractivity contribution in [2.75, 3.05) is 0 Å². The van der Waals surface area contributed by atoms with Gasteiger partial charge in [-0.3, -0.25) is 0 Å². The molecule has 0 aliphatic rings. The highest BCUT2D eigenvalue weighted by Gasteiger charge is 2.17. The van der Waals surface area contributed by atoms with Gasteiger partial charge in [-0.1, -0.05) is 41.9 Å². The molecule has 0 aliphatic carbocycles. The molecule has 1 N–H and O–H groups in total. The summed E-state index contributed by atoms with van der Waals surface area (Å²) in [6.45, 7) is 2.28. The molecule has 0 radical (unpaired) electrons. The monoisotopic (exact) mass is 435 g/mol. The fraction of sp³-hybridized carbons (Fsp3) is 0.0800. The van der Waals surface area contributed by atoms with Crippen molar-refractivity contribution in [3.8, 4) is 22.7 Å². The SMILES string of the molecule is Cc1ccc(-c2cc(Cl)ccc2OCc2ccccc2)n1-c1ccc(F)c(C(=O)O)c1. The zero-order chi connectivity index (χ0) is 22.0. The van der Waals surface area contributed by atoms with E-state index in [-0.39, 0.29) is 5.56 Å². The van der Waals surface area contributed by atoms with E-state index in [1.165, 1.54) is 6.07 Å². The van der Waals surface area contributed by atoms with E-state index >= 15 is 0 Å². The predicted octanol–water partition coefficient (Wildman–Crippen LogP) is 6.52. The van der Waals surface area contributed by atoms with Crippen molar-refractivity contribution in [3.63, 3.8) is 0 Å². The van der Waals surface area contributed by atoms with Crippen LogP contribution in [0.3, 0.4) is 0 Å². The lowest BCUT2D eigenvalue weighted by molar-refractivity contribution is 0.0692. The molecular weight excluding hydrogens is 417 g/mol. The zero-order valence-corrected chi connectivity index (χ0v) is 17.4. The van der Waals surface area contributed by atoms with Crippen molar-refractivity contribution in [2.24, 2.45) is 0 Å². The van der Waals surface area contributed by atoms with E-state index in [0.717, 1.165) is 28.6 Å². The van der Waals surface area contributed by atoms with Crippen LogP contribution in [0.25, 0.3) is 16.9 Å². The number of aryl methyl sites for hydroxylation is 1. The minimum Gasteiger partial charge on any atom is -0.488 e. The summed E-state index contributed by atoms with van der Waals surface area (Å²) in [5.74, 6) is -1.47. The molecule has 31 heavy (non-hydrogen) atoms. The number of benzene rings is 3. The summed E-state index contributed by atoms with van der Waals surface area (Å²) in [5, 5.41) is 9.85. The van der Waals surface area contributed by atoms with Gasteiger partial charge in [0, 0.05) is 22.0 Å². The van der Waals surface area contributed by atoms with Gasteiger partial charge in [0.05, 0.1) is 11.3 Å². The summed E-state index contributed by atoms with van der Waals surface area (Å²) in [5.41, 5.74) is 3.53. The predicted molar refractivity (Wildman–Crippen MR) is 119 cm³/mol. The van der Waals surface area contributed by atoms with E-state index in [4.69, 9.17) is 16.3 Å². The molecule has 0 unspecified atom stereocenters. The molecule has 4 rings (SSSR count). The quantitative estimate of drug-likeness (QED) is 0.375. The molecule has 0 bridgehead atoms. The molecule has 0 atom stereocenters. The average molecular weight is 436 g/mol. The van der Waals surface area contributed by atoms with Gasteiger partial charge < -0.3 is 14.4 Å². The fourth-order valence-electron chi connectivity index (χ4n) is 3.47. The lowest BCUT2D eigenvalue weighted by Gasteiger charge is -2.17. The van der Waals surface area contributed by atoms with Crippen LogP contribution in [0.4, 0.5) is 4.39 Å². The highest BCUT2D eigenvalue weighted by Crippen LogP contribution is 2.36. The number of carbonyl (C=O) groups is 1. The van der Waals surface area contributed by atoms with Gasteiger partial charge in [0.1, 0.15) is 18.2 Å². The van der Waals surface area contributed by atoms with Gasteiger partial charge >= 0.3 is 5.97 Å². The molecule has 0 fully saturated rings. The maximum absolute atomic E-state index is 13.9. The Kier molecular flexibility index (Phi) is 5.78. The first-order valence-electron chi connectivity index (χ1n) is 9.62. The van der Waals surface area contributed by atoms with Crippen LogP contribution in [0.5, 0.6) is 5.75 Å². The maximum atomic E-state index is 13.9. The van der Waals surface area contributed by atoms with Crippen LogP contribution >= 0.6 is 11.6 Å². The lowest BCUT2D eigenvalue weighted by atomic mass is 10.1. The molecule has 1 aromatic heterocycles. The highest BCUT2D eigenvalue weighted by molar-refractivity contribution is 6.31. The molecule has 3 aromatic carbocycles. The summed E-state index contributed by atoms with van der Waals surface area (Å²) in [7, 11) is 0. The van der Waals surface area contributed by atoms with Crippen LogP contribution in [0.1, 0.15) is 21.6 Å². The van der Waals surface area contributed by atoms with Crippen molar-refractivity contribution in [2.45, 2.75) is 13.5 Å². The molecular formula is C25H19ClFNO3. The molecule has 4 aromatic rings. The van der Waals surface area contributed by atoms with Crippen LogP contribution in [-0.4, -0.2) is 15.6 Å². The van der Waals surface area contributed by atoms with Gasteiger partial charge in [0.2, 0.25) is 0 Å². The number of halogens is 2. The molecule has 0 spiro atoms. The molecule has 156 valence electrons. The maximum Gasteiger partial charge on any atom is 0.338 e. The Morgan fingerprint density at radius 1 is 1.03 bits per heavy atom. The second-order valence-corrected chi connectivity index (χ2v) is 7.52. The summed E-state index contributed by atoms with van der Waals surface area (Å²) in [6, 6.07) is 23.0. The fourth-order valence-corrected chi connectivity index (χ4v) is 3.64. The molecule has 6 heteroatoms. The Labute approximate surface area is 184 Å². The average Bonchev–Trinajstić information content (AvgIpc) is 3.15. The van der Waals surface area contributed by atoms with Crippen LogP contribution in [0.2, 0.25) is 5.02 Å². The number of carboxylic acid groups (broad SMARTS) is 1. The Bertz CT molecular complexity index is 1250. The van der Waals surface area contributed by atoms with E-state index in [0.29, 0.717) is 23.1 Å². The number of carboxylic acids is 1. The smallest absolute Gasteiger partial charge is 0.338 e.